The molecule has 1 N–H and O–H groups in total. The van der Waals surface area contributed by atoms with Crippen LogP contribution >= 0.6 is 0 Å². The third-order valence-corrected chi connectivity index (χ3v) is 2.65. The second kappa shape index (κ2) is 4.91. The summed E-state index contributed by atoms with van der Waals surface area (Å²) in [5.41, 5.74) is 2.27. The molecule has 0 bridgehead atoms. The van der Waals surface area contributed by atoms with Crippen molar-refractivity contribution in [3.63, 3.8) is 0 Å². The van der Waals surface area contributed by atoms with E-state index in [1.807, 2.05) is 24.3 Å². The van der Waals surface area contributed by atoms with Crippen molar-refractivity contribution in [3.8, 4) is 17.0 Å². The zero-order valence-corrected chi connectivity index (χ0v) is 10.3. The van der Waals surface area contributed by atoms with Gasteiger partial charge in [-0.25, -0.2) is 0 Å². The van der Waals surface area contributed by atoms with Gasteiger partial charge < -0.3 is 9.84 Å². The molecule has 1 heterocycles. The number of hydrogen-bond donors (Lipinski definition) is 1. The predicted molar refractivity (Wildman–Crippen MR) is 66.5 cm³/mol. The third kappa shape index (κ3) is 2.34. The van der Waals surface area contributed by atoms with E-state index in [1.54, 1.807) is 24.9 Å². The normalized spacial score (nSPS) is 10.3. The highest BCUT2D eigenvalue weighted by molar-refractivity contribution is 5.72. The molecule has 0 radical (unpaired) electrons. The van der Waals surface area contributed by atoms with Crippen molar-refractivity contribution in [1.82, 2.24) is 9.78 Å². The van der Waals surface area contributed by atoms with Crippen molar-refractivity contribution in [2.24, 2.45) is 7.05 Å². The Hall–Kier alpha value is -2.30. The number of nitrogens with zero attached hydrogens (tertiary/aromatic N) is 2. The molecule has 0 spiro atoms. The average Bonchev–Trinajstić information content (AvgIpc) is 2.69. The van der Waals surface area contributed by atoms with Gasteiger partial charge in [-0.1, -0.05) is 12.1 Å². The number of carboxylic acid groups (broad SMARTS) is 1. The highest BCUT2D eigenvalue weighted by atomic mass is 16.5. The van der Waals surface area contributed by atoms with Crippen LogP contribution in [0.15, 0.2) is 30.3 Å². The van der Waals surface area contributed by atoms with E-state index in [2.05, 4.69) is 5.10 Å². The van der Waals surface area contributed by atoms with Gasteiger partial charge in [-0.15, -0.1) is 0 Å². The predicted octanol–water partition coefficient (Wildman–Crippen LogP) is 1.72. The molecule has 0 aliphatic heterocycles. The second-order valence-corrected chi connectivity index (χ2v) is 3.92. The van der Waals surface area contributed by atoms with Gasteiger partial charge in [0.05, 0.1) is 24.9 Å². The Morgan fingerprint density at radius 1 is 1.44 bits per heavy atom. The Bertz CT molecular complexity index is 575. The number of para-hydroxylation sites is 1. The minimum absolute atomic E-state index is 0.0804. The number of benzene rings is 1. The van der Waals surface area contributed by atoms with Crippen LogP contribution in [0.1, 0.15) is 5.69 Å². The number of methoxy groups -OCH3 is 1. The molecule has 0 aliphatic rings. The largest absolute Gasteiger partial charge is 0.496 e. The van der Waals surface area contributed by atoms with Crippen LogP contribution in [0.4, 0.5) is 0 Å². The number of ether oxygens (including phenoxy) is 1. The number of carboxylic acids is 1. The van der Waals surface area contributed by atoms with Crippen molar-refractivity contribution < 1.29 is 14.6 Å². The molecule has 0 amide bonds. The summed E-state index contributed by atoms with van der Waals surface area (Å²) < 4.78 is 6.95. The molecule has 94 valence electrons. The van der Waals surface area contributed by atoms with Crippen molar-refractivity contribution >= 4 is 5.97 Å². The number of carbonyl (C=O) groups is 1. The van der Waals surface area contributed by atoms with E-state index < -0.39 is 5.97 Å². The van der Waals surface area contributed by atoms with Crippen LogP contribution in [0.25, 0.3) is 11.3 Å². The summed E-state index contributed by atoms with van der Waals surface area (Å²) in [5.74, 6) is -0.151. The smallest absolute Gasteiger partial charge is 0.309 e. The minimum Gasteiger partial charge on any atom is -0.496 e. The molecule has 0 aliphatic carbocycles. The maximum absolute atomic E-state index is 10.7. The van der Waals surface area contributed by atoms with Gasteiger partial charge in [0.1, 0.15) is 5.75 Å². The van der Waals surface area contributed by atoms with Gasteiger partial charge in [-0.05, 0) is 18.2 Å². The fraction of sp³-hybridized carbons (Fsp3) is 0.231. The Labute approximate surface area is 105 Å². The first-order valence-electron chi connectivity index (χ1n) is 5.50. The van der Waals surface area contributed by atoms with Crippen LogP contribution in [-0.2, 0) is 18.3 Å². The SMILES string of the molecule is COc1ccccc1-c1cc(CC(=O)O)nn1C. The van der Waals surface area contributed by atoms with Crippen molar-refractivity contribution in [2.45, 2.75) is 6.42 Å². The first-order chi connectivity index (χ1) is 8.61. The van der Waals surface area contributed by atoms with E-state index in [0.29, 0.717) is 5.69 Å². The quantitative estimate of drug-likeness (QED) is 0.892. The highest BCUT2D eigenvalue weighted by Crippen LogP contribution is 2.29. The summed E-state index contributed by atoms with van der Waals surface area (Å²) >= 11 is 0. The minimum atomic E-state index is -0.889. The molecular formula is C13H14N2O3. The zero-order valence-electron chi connectivity index (χ0n) is 10.3. The molecule has 0 fully saturated rings. The molecule has 0 atom stereocenters. The number of hydrogen-bond acceptors (Lipinski definition) is 3. The van der Waals surface area contributed by atoms with Crippen LogP contribution < -0.4 is 4.74 Å². The van der Waals surface area contributed by atoms with Crippen LogP contribution in [-0.4, -0.2) is 28.0 Å². The first kappa shape index (κ1) is 12.2. The van der Waals surface area contributed by atoms with E-state index in [-0.39, 0.29) is 6.42 Å². The van der Waals surface area contributed by atoms with Crippen LogP contribution in [0.2, 0.25) is 0 Å². The summed E-state index contributed by atoms with van der Waals surface area (Å²) in [4.78, 5) is 10.7. The molecule has 0 unspecified atom stereocenters. The molecule has 0 saturated heterocycles. The summed E-state index contributed by atoms with van der Waals surface area (Å²) in [6.45, 7) is 0. The highest BCUT2D eigenvalue weighted by Gasteiger charge is 2.13. The van der Waals surface area contributed by atoms with E-state index in [0.717, 1.165) is 17.0 Å². The maximum atomic E-state index is 10.7. The van der Waals surface area contributed by atoms with E-state index in [9.17, 15) is 4.79 Å². The maximum Gasteiger partial charge on any atom is 0.309 e. The molecule has 5 nitrogen and oxygen atoms in total. The van der Waals surface area contributed by atoms with Crippen molar-refractivity contribution in [1.29, 1.82) is 0 Å². The van der Waals surface area contributed by atoms with Gasteiger partial charge in [0.2, 0.25) is 0 Å². The number of aliphatic carboxylic acids is 1. The van der Waals surface area contributed by atoms with Crippen molar-refractivity contribution in [2.75, 3.05) is 7.11 Å². The number of aryl methyl sites for hydroxylation is 1. The Kier molecular flexibility index (Phi) is 3.32. The molecule has 1 aromatic heterocycles. The molecule has 5 heteroatoms. The summed E-state index contributed by atoms with van der Waals surface area (Å²) in [7, 11) is 3.39. The van der Waals surface area contributed by atoms with Gasteiger partial charge in [0.25, 0.3) is 0 Å². The van der Waals surface area contributed by atoms with Crippen LogP contribution in [0, 0.1) is 0 Å². The van der Waals surface area contributed by atoms with E-state index >= 15 is 0 Å². The van der Waals surface area contributed by atoms with Gasteiger partial charge >= 0.3 is 5.97 Å². The zero-order chi connectivity index (χ0) is 13.1. The molecule has 1 aromatic carbocycles. The Balaban J connectivity index is 2.44. The molecule has 2 aromatic rings. The molecular weight excluding hydrogens is 232 g/mol. The number of rotatable bonds is 4. The first-order valence-corrected chi connectivity index (χ1v) is 5.50. The third-order valence-electron chi connectivity index (χ3n) is 2.65. The van der Waals surface area contributed by atoms with Crippen LogP contribution in [0.3, 0.4) is 0 Å². The average molecular weight is 246 g/mol. The van der Waals surface area contributed by atoms with Gasteiger partial charge in [-0.3, -0.25) is 9.48 Å². The van der Waals surface area contributed by atoms with Crippen molar-refractivity contribution in [3.05, 3.63) is 36.0 Å². The van der Waals surface area contributed by atoms with Gasteiger partial charge in [0.15, 0.2) is 0 Å². The molecule has 2 rings (SSSR count). The Morgan fingerprint density at radius 3 is 2.83 bits per heavy atom. The van der Waals surface area contributed by atoms with Gasteiger partial charge in [-0.2, -0.15) is 5.10 Å². The summed E-state index contributed by atoms with van der Waals surface area (Å²) in [6, 6.07) is 9.34. The lowest BCUT2D eigenvalue weighted by Crippen LogP contribution is -2.01. The monoisotopic (exact) mass is 246 g/mol. The standard InChI is InChI=1S/C13H14N2O3/c1-15-11(7-9(14-15)8-13(16)17)10-5-3-4-6-12(10)18-2/h3-7H,8H2,1-2H3,(H,16,17). The second-order valence-electron chi connectivity index (χ2n) is 3.92. The lowest BCUT2D eigenvalue weighted by molar-refractivity contribution is -0.136. The Morgan fingerprint density at radius 2 is 2.17 bits per heavy atom. The topological polar surface area (TPSA) is 64.3 Å². The molecule has 18 heavy (non-hydrogen) atoms. The lowest BCUT2D eigenvalue weighted by Gasteiger charge is -2.07. The number of aromatic nitrogens is 2. The van der Waals surface area contributed by atoms with Gasteiger partial charge in [0, 0.05) is 12.6 Å². The summed E-state index contributed by atoms with van der Waals surface area (Å²) in [6.07, 6.45) is -0.0804. The van der Waals surface area contributed by atoms with E-state index in [1.165, 1.54) is 0 Å². The molecule has 0 saturated carbocycles. The fourth-order valence-electron chi connectivity index (χ4n) is 1.88. The van der Waals surface area contributed by atoms with E-state index in [4.69, 9.17) is 9.84 Å². The fourth-order valence-corrected chi connectivity index (χ4v) is 1.88. The lowest BCUT2D eigenvalue weighted by atomic mass is 10.1. The van der Waals surface area contributed by atoms with Crippen LogP contribution in [0.5, 0.6) is 5.75 Å². The summed E-state index contributed by atoms with van der Waals surface area (Å²) in [5, 5.41) is 12.9.